The summed E-state index contributed by atoms with van der Waals surface area (Å²) < 4.78 is 37.6. The Balaban J connectivity index is 1.37. The highest BCUT2D eigenvalue weighted by Crippen LogP contribution is 2.34. The first-order valence-corrected chi connectivity index (χ1v) is 10.4. The highest BCUT2D eigenvalue weighted by molar-refractivity contribution is 7.89. The Morgan fingerprint density at radius 3 is 2.41 bits per heavy atom. The van der Waals surface area contributed by atoms with Crippen LogP contribution in [0.4, 0.5) is 5.69 Å². The lowest BCUT2D eigenvalue weighted by molar-refractivity contribution is 0.174. The molecule has 27 heavy (non-hydrogen) atoms. The van der Waals surface area contributed by atoms with Gasteiger partial charge in [-0.05, 0) is 36.5 Å². The number of fused-ring (bicyclic) bond motifs is 1. The Bertz CT molecular complexity index is 942. The lowest BCUT2D eigenvalue weighted by Gasteiger charge is -2.35. The van der Waals surface area contributed by atoms with Gasteiger partial charge in [-0.25, -0.2) is 8.42 Å². The lowest BCUT2D eigenvalue weighted by atomic mass is 10.3. The number of rotatable bonds is 3. The molecule has 7 nitrogen and oxygen atoms in total. The SMILES string of the molecule is O=S(=O)(c1ccccc1)N1CCN(C(=S)Nc2ccc3c(c2)OCO3)CC1. The van der Waals surface area contributed by atoms with Gasteiger partial charge >= 0.3 is 0 Å². The van der Waals surface area contributed by atoms with E-state index in [1.54, 1.807) is 30.3 Å². The lowest BCUT2D eigenvalue weighted by Crippen LogP contribution is -2.51. The van der Waals surface area contributed by atoms with E-state index in [4.69, 9.17) is 21.7 Å². The molecule has 2 aromatic rings. The Morgan fingerprint density at radius 1 is 0.963 bits per heavy atom. The third-order valence-electron chi connectivity index (χ3n) is 4.53. The Hall–Kier alpha value is -2.36. The van der Waals surface area contributed by atoms with E-state index in [-0.39, 0.29) is 6.79 Å². The van der Waals surface area contributed by atoms with Gasteiger partial charge in [0.1, 0.15) is 0 Å². The van der Waals surface area contributed by atoms with Crippen LogP contribution in [0.5, 0.6) is 11.5 Å². The summed E-state index contributed by atoms with van der Waals surface area (Å²) in [4.78, 5) is 2.29. The van der Waals surface area contributed by atoms with Gasteiger partial charge < -0.3 is 19.7 Å². The van der Waals surface area contributed by atoms with Crippen LogP contribution >= 0.6 is 12.2 Å². The van der Waals surface area contributed by atoms with E-state index in [9.17, 15) is 8.42 Å². The van der Waals surface area contributed by atoms with Crippen LogP contribution in [0.3, 0.4) is 0 Å². The molecule has 0 atom stereocenters. The molecule has 9 heteroatoms. The molecule has 142 valence electrons. The molecule has 2 aliphatic rings. The molecule has 2 aromatic carbocycles. The molecule has 0 spiro atoms. The van der Waals surface area contributed by atoms with Gasteiger partial charge in [0.05, 0.1) is 4.90 Å². The highest BCUT2D eigenvalue weighted by atomic mass is 32.2. The summed E-state index contributed by atoms with van der Waals surface area (Å²) in [5.41, 5.74) is 0.809. The Morgan fingerprint density at radius 2 is 1.67 bits per heavy atom. The zero-order chi connectivity index (χ0) is 18.9. The monoisotopic (exact) mass is 405 g/mol. The van der Waals surface area contributed by atoms with E-state index < -0.39 is 10.0 Å². The van der Waals surface area contributed by atoms with Crippen molar-refractivity contribution in [1.29, 1.82) is 0 Å². The molecule has 0 bridgehead atoms. The average Bonchev–Trinajstić information content (AvgIpc) is 3.16. The molecule has 0 radical (unpaired) electrons. The maximum Gasteiger partial charge on any atom is 0.243 e. The molecule has 0 unspecified atom stereocenters. The summed E-state index contributed by atoms with van der Waals surface area (Å²) in [6, 6.07) is 14.0. The molecule has 0 aliphatic carbocycles. The van der Waals surface area contributed by atoms with E-state index in [2.05, 4.69) is 5.32 Å². The first kappa shape index (κ1) is 18.0. The van der Waals surface area contributed by atoms with Crippen molar-refractivity contribution in [3.05, 3.63) is 48.5 Å². The number of ether oxygens (including phenoxy) is 2. The summed E-state index contributed by atoms with van der Waals surface area (Å²) in [6.07, 6.45) is 0. The molecular formula is C18H19N3O4S2. The van der Waals surface area contributed by atoms with Crippen LogP contribution in [0.25, 0.3) is 0 Å². The van der Waals surface area contributed by atoms with Crippen LogP contribution in [0.2, 0.25) is 0 Å². The minimum absolute atomic E-state index is 0.223. The fourth-order valence-electron chi connectivity index (χ4n) is 3.05. The first-order valence-electron chi connectivity index (χ1n) is 8.55. The second kappa shape index (κ2) is 7.34. The van der Waals surface area contributed by atoms with E-state index >= 15 is 0 Å². The summed E-state index contributed by atoms with van der Waals surface area (Å²) in [7, 11) is -3.46. The van der Waals surface area contributed by atoms with Crippen LogP contribution in [-0.4, -0.2) is 55.7 Å². The van der Waals surface area contributed by atoms with Crippen LogP contribution < -0.4 is 14.8 Å². The van der Waals surface area contributed by atoms with Crippen molar-refractivity contribution in [2.75, 3.05) is 38.3 Å². The Labute approximate surface area is 163 Å². The molecule has 1 saturated heterocycles. The standard InChI is InChI=1S/C18H19N3O4S2/c22-27(23,15-4-2-1-3-5-15)21-10-8-20(9-11-21)18(26)19-14-6-7-16-17(12-14)25-13-24-16/h1-7,12H,8-11,13H2,(H,19,26). The van der Waals surface area contributed by atoms with Gasteiger partial charge in [-0.15, -0.1) is 0 Å². The molecule has 0 saturated carbocycles. The van der Waals surface area contributed by atoms with Gasteiger partial charge in [-0.1, -0.05) is 18.2 Å². The third kappa shape index (κ3) is 3.71. The molecule has 4 rings (SSSR count). The second-order valence-electron chi connectivity index (χ2n) is 6.20. The summed E-state index contributed by atoms with van der Waals surface area (Å²) in [5, 5.41) is 3.74. The maximum atomic E-state index is 12.7. The zero-order valence-electron chi connectivity index (χ0n) is 14.5. The summed E-state index contributed by atoms with van der Waals surface area (Å²) in [5.74, 6) is 1.40. The third-order valence-corrected chi connectivity index (χ3v) is 6.80. The Kier molecular flexibility index (Phi) is 4.90. The second-order valence-corrected chi connectivity index (χ2v) is 8.53. The minimum Gasteiger partial charge on any atom is -0.454 e. The van der Waals surface area contributed by atoms with Crippen molar-refractivity contribution < 1.29 is 17.9 Å². The number of hydrogen-bond donors (Lipinski definition) is 1. The van der Waals surface area contributed by atoms with Crippen molar-refractivity contribution in [3.63, 3.8) is 0 Å². The van der Waals surface area contributed by atoms with E-state index in [1.807, 2.05) is 23.1 Å². The molecule has 0 amide bonds. The number of nitrogens with zero attached hydrogens (tertiary/aromatic N) is 2. The van der Waals surface area contributed by atoms with Crippen LogP contribution in [0, 0.1) is 0 Å². The molecule has 2 heterocycles. The summed E-state index contributed by atoms with van der Waals surface area (Å²) in [6.45, 7) is 2.06. The largest absolute Gasteiger partial charge is 0.454 e. The molecular weight excluding hydrogens is 386 g/mol. The van der Waals surface area contributed by atoms with Gasteiger partial charge in [0.2, 0.25) is 16.8 Å². The number of thiocarbonyl (C=S) groups is 1. The number of nitrogens with one attached hydrogen (secondary N) is 1. The fraction of sp³-hybridized carbons (Fsp3) is 0.278. The quantitative estimate of drug-likeness (QED) is 0.785. The molecule has 1 fully saturated rings. The highest BCUT2D eigenvalue weighted by Gasteiger charge is 2.29. The smallest absolute Gasteiger partial charge is 0.243 e. The van der Waals surface area contributed by atoms with Gasteiger partial charge in [-0.3, -0.25) is 0 Å². The van der Waals surface area contributed by atoms with E-state index in [0.717, 1.165) is 5.69 Å². The van der Waals surface area contributed by atoms with E-state index in [1.165, 1.54) is 4.31 Å². The molecule has 2 aliphatic heterocycles. The predicted octanol–water partition coefficient (Wildman–Crippen LogP) is 2.12. The fourth-order valence-corrected chi connectivity index (χ4v) is 4.79. The van der Waals surface area contributed by atoms with Gasteiger partial charge in [-0.2, -0.15) is 4.31 Å². The van der Waals surface area contributed by atoms with Crippen molar-refractivity contribution >= 4 is 33.0 Å². The first-order chi connectivity index (χ1) is 13.0. The van der Waals surface area contributed by atoms with Gasteiger partial charge in [0, 0.05) is 37.9 Å². The molecule has 1 N–H and O–H groups in total. The number of hydrogen-bond acceptors (Lipinski definition) is 5. The summed E-state index contributed by atoms with van der Waals surface area (Å²) >= 11 is 5.48. The number of anilines is 1. The van der Waals surface area contributed by atoms with Gasteiger partial charge in [0.15, 0.2) is 16.6 Å². The number of sulfonamides is 1. The number of benzene rings is 2. The van der Waals surface area contributed by atoms with Crippen molar-refractivity contribution in [3.8, 4) is 11.5 Å². The van der Waals surface area contributed by atoms with Crippen molar-refractivity contribution in [2.45, 2.75) is 4.90 Å². The topological polar surface area (TPSA) is 71.1 Å². The zero-order valence-corrected chi connectivity index (χ0v) is 16.1. The normalized spacial score (nSPS) is 17.0. The van der Waals surface area contributed by atoms with E-state index in [0.29, 0.717) is 47.7 Å². The van der Waals surface area contributed by atoms with Crippen LogP contribution in [-0.2, 0) is 10.0 Å². The minimum atomic E-state index is -3.46. The van der Waals surface area contributed by atoms with Gasteiger partial charge in [0.25, 0.3) is 0 Å². The number of piperazine rings is 1. The van der Waals surface area contributed by atoms with Crippen molar-refractivity contribution in [2.24, 2.45) is 0 Å². The molecule has 0 aromatic heterocycles. The average molecular weight is 406 g/mol. The van der Waals surface area contributed by atoms with Crippen molar-refractivity contribution in [1.82, 2.24) is 9.21 Å². The predicted molar refractivity (Wildman–Crippen MR) is 106 cm³/mol. The van der Waals surface area contributed by atoms with Crippen LogP contribution in [0.15, 0.2) is 53.4 Å². The van der Waals surface area contributed by atoms with Crippen LogP contribution in [0.1, 0.15) is 0 Å². The maximum absolute atomic E-state index is 12.7.